The Morgan fingerprint density at radius 1 is 1.29 bits per heavy atom. The summed E-state index contributed by atoms with van der Waals surface area (Å²) in [7, 11) is -0.0273. The molecule has 0 radical (unpaired) electrons. The molecular weight excluding hydrogens is 316 g/mol. The van der Waals surface area contributed by atoms with Crippen molar-refractivity contribution < 1.29 is 9.53 Å². The molecule has 1 aromatic carbocycles. The van der Waals surface area contributed by atoms with E-state index in [1.54, 1.807) is 14.0 Å². The number of carbonyl (C=O) groups is 1. The molecule has 24 heavy (non-hydrogen) atoms. The van der Waals surface area contributed by atoms with Crippen LogP contribution < -0.4 is 10.1 Å². The summed E-state index contributed by atoms with van der Waals surface area (Å²) >= 11 is 0. The van der Waals surface area contributed by atoms with Crippen LogP contribution in [-0.2, 0) is 11.2 Å². The molecule has 0 bridgehead atoms. The Balaban J connectivity index is 2.55. The van der Waals surface area contributed by atoms with Gasteiger partial charge in [0.2, 0.25) is 5.91 Å². The van der Waals surface area contributed by atoms with Crippen LogP contribution in [0.2, 0.25) is 18.1 Å². The van der Waals surface area contributed by atoms with Crippen LogP contribution in [-0.4, -0.2) is 32.0 Å². The highest BCUT2D eigenvalue weighted by Gasteiger charge is 2.38. The Kier molecular flexibility index (Phi) is 5.13. The van der Waals surface area contributed by atoms with Gasteiger partial charge < -0.3 is 14.3 Å². The summed E-state index contributed by atoms with van der Waals surface area (Å²) in [5.74, 6) is 0.886. The number of carbonyl (C=O) groups excluding carboxylic acids is 1. The molecule has 1 N–H and O–H groups in total. The number of rotatable bonds is 5. The van der Waals surface area contributed by atoms with Crippen LogP contribution in [0.15, 0.2) is 24.4 Å². The predicted molar refractivity (Wildman–Crippen MR) is 103 cm³/mol. The van der Waals surface area contributed by atoms with Gasteiger partial charge in [0.15, 0.2) is 8.24 Å². The van der Waals surface area contributed by atoms with Gasteiger partial charge in [0.25, 0.3) is 0 Å². The van der Waals surface area contributed by atoms with E-state index in [1.165, 1.54) is 16.5 Å². The van der Waals surface area contributed by atoms with Gasteiger partial charge in [-0.25, -0.2) is 0 Å². The van der Waals surface area contributed by atoms with Crippen molar-refractivity contribution in [3.63, 3.8) is 0 Å². The first kappa shape index (κ1) is 18.6. The number of nitrogens with one attached hydrogen (secondary N) is 1. The Bertz CT molecular complexity index is 742. The van der Waals surface area contributed by atoms with E-state index >= 15 is 0 Å². The van der Waals surface area contributed by atoms with Gasteiger partial charge in [-0.15, -0.1) is 0 Å². The number of fused-ring (bicyclic) bond motifs is 1. The first-order valence-electron chi connectivity index (χ1n) is 8.51. The van der Waals surface area contributed by atoms with Gasteiger partial charge in [0.1, 0.15) is 5.75 Å². The van der Waals surface area contributed by atoms with Crippen molar-refractivity contribution in [2.75, 3.05) is 13.7 Å². The molecular formula is C19H30N2O2Si. The van der Waals surface area contributed by atoms with Gasteiger partial charge in [0.05, 0.1) is 7.11 Å². The maximum Gasteiger partial charge on any atom is 0.216 e. The molecule has 4 nitrogen and oxygen atoms in total. The van der Waals surface area contributed by atoms with E-state index in [-0.39, 0.29) is 10.9 Å². The highest BCUT2D eigenvalue weighted by Crippen LogP contribution is 2.40. The highest BCUT2D eigenvalue weighted by molar-refractivity contribution is 6.79. The molecule has 0 aliphatic heterocycles. The first-order valence-corrected chi connectivity index (χ1v) is 11.5. The van der Waals surface area contributed by atoms with Crippen LogP contribution in [0.5, 0.6) is 5.75 Å². The fourth-order valence-corrected chi connectivity index (χ4v) is 4.80. The van der Waals surface area contributed by atoms with Gasteiger partial charge in [0, 0.05) is 24.4 Å². The van der Waals surface area contributed by atoms with Gasteiger partial charge in [-0.05, 0) is 41.4 Å². The monoisotopic (exact) mass is 346 g/mol. The molecule has 1 aromatic heterocycles. The van der Waals surface area contributed by atoms with E-state index in [9.17, 15) is 4.79 Å². The molecule has 0 saturated carbocycles. The molecule has 0 saturated heterocycles. The van der Waals surface area contributed by atoms with Crippen molar-refractivity contribution in [3.8, 4) is 5.75 Å². The predicted octanol–water partition coefficient (Wildman–Crippen LogP) is 4.18. The lowest BCUT2D eigenvalue weighted by atomic mass is 10.1. The lowest BCUT2D eigenvalue weighted by molar-refractivity contribution is -0.118. The van der Waals surface area contributed by atoms with E-state index < -0.39 is 8.24 Å². The van der Waals surface area contributed by atoms with Crippen LogP contribution >= 0.6 is 0 Å². The van der Waals surface area contributed by atoms with E-state index in [0.29, 0.717) is 6.54 Å². The zero-order chi connectivity index (χ0) is 18.1. The summed E-state index contributed by atoms with van der Waals surface area (Å²) in [6.45, 7) is 14.0. The number of methoxy groups -OCH3 is 1. The highest BCUT2D eigenvalue weighted by atomic mass is 28.3. The standard InChI is InChI=1S/C19H30N2O2Si/c1-14(22)20-11-10-15-13-21(24(6,7)19(2,3)4)18-9-8-16(23-5)12-17(15)18/h8-9,12-13H,10-11H2,1-7H3,(H,20,22). The minimum atomic E-state index is -1.72. The summed E-state index contributed by atoms with van der Waals surface area (Å²) in [5.41, 5.74) is 2.53. The summed E-state index contributed by atoms with van der Waals surface area (Å²) in [6, 6.07) is 6.31. The number of amides is 1. The van der Waals surface area contributed by atoms with Crippen molar-refractivity contribution in [3.05, 3.63) is 30.0 Å². The van der Waals surface area contributed by atoms with Crippen LogP contribution in [0.3, 0.4) is 0 Å². The van der Waals surface area contributed by atoms with Crippen LogP contribution in [0.4, 0.5) is 0 Å². The van der Waals surface area contributed by atoms with Gasteiger partial charge in [-0.1, -0.05) is 33.9 Å². The third kappa shape index (κ3) is 3.51. The average molecular weight is 347 g/mol. The minimum Gasteiger partial charge on any atom is -0.497 e. The number of ether oxygens (including phenoxy) is 1. The number of aromatic nitrogens is 1. The van der Waals surface area contributed by atoms with E-state index in [1.807, 2.05) is 6.07 Å². The molecule has 1 heterocycles. The Morgan fingerprint density at radius 2 is 1.96 bits per heavy atom. The number of nitrogens with zero attached hydrogens (tertiary/aromatic N) is 1. The van der Waals surface area contributed by atoms with Crippen molar-refractivity contribution >= 4 is 25.0 Å². The smallest absolute Gasteiger partial charge is 0.216 e. The van der Waals surface area contributed by atoms with Crippen molar-refractivity contribution in [1.82, 2.24) is 9.55 Å². The zero-order valence-electron chi connectivity index (χ0n) is 16.0. The van der Waals surface area contributed by atoms with Crippen molar-refractivity contribution in [2.45, 2.75) is 52.2 Å². The van der Waals surface area contributed by atoms with Crippen LogP contribution in [0, 0.1) is 0 Å². The third-order valence-electron chi connectivity index (χ3n) is 5.30. The zero-order valence-corrected chi connectivity index (χ0v) is 17.0. The molecule has 0 spiro atoms. The fraction of sp³-hybridized carbons (Fsp3) is 0.526. The van der Waals surface area contributed by atoms with E-state index in [4.69, 9.17) is 4.74 Å². The van der Waals surface area contributed by atoms with Gasteiger partial charge in [-0.2, -0.15) is 0 Å². The number of benzene rings is 1. The lowest BCUT2D eigenvalue weighted by Crippen LogP contribution is -2.44. The molecule has 1 amide bonds. The lowest BCUT2D eigenvalue weighted by Gasteiger charge is -2.38. The minimum absolute atomic E-state index is 0.0146. The number of hydrogen-bond acceptors (Lipinski definition) is 2. The largest absolute Gasteiger partial charge is 0.497 e. The fourth-order valence-electron chi connectivity index (χ4n) is 2.80. The van der Waals surface area contributed by atoms with Gasteiger partial charge in [-0.3, -0.25) is 4.79 Å². The van der Waals surface area contributed by atoms with Gasteiger partial charge >= 0.3 is 0 Å². The second kappa shape index (κ2) is 6.63. The number of hydrogen-bond donors (Lipinski definition) is 1. The third-order valence-corrected chi connectivity index (χ3v) is 10.5. The Morgan fingerprint density at radius 3 is 2.50 bits per heavy atom. The molecule has 0 unspecified atom stereocenters. The van der Waals surface area contributed by atoms with Crippen molar-refractivity contribution in [2.24, 2.45) is 0 Å². The summed E-state index contributed by atoms with van der Waals surface area (Å²) in [5, 5.41) is 4.37. The molecule has 132 valence electrons. The normalized spacial score (nSPS) is 12.5. The quantitative estimate of drug-likeness (QED) is 0.825. The van der Waals surface area contributed by atoms with Crippen molar-refractivity contribution in [1.29, 1.82) is 0 Å². The van der Waals surface area contributed by atoms with Crippen LogP contribution in [0.25, 0.3) is 10.9 Å². The topological polar surface area (TPSA) is 43.3 Å². The maximum absolute atomic E-state index is 11.2. The summed E-state index contributed by atoms with van der Waals surface area (Å²) in [6.07, 6.45) is 3.12. The molecule has 0 aliphatic rings. The Labute approximate surface area is 146 Å². The summed E-state index contributed by atoms with van der Waals surface area (Å²) < 4.78 is 7.92. The van der Waals surface area contributed by atoms with E-state index in [0.717, 1.165) is 12.2 Å². The van der Waals surface area contributed by atoms with Crippen LogP contribution in [0.1, 0.15) is 33.3 Å². The molecule has 5 heteroatoms. The average Bonchev–Trinajstić information content (AvgIpc) is 2.84. The first-order chi connectivity index (χ1) is 11.1. The molecule has 0 fully saturated rings. The SMILES string of the molecule is COc1ccc2c(c1)c(CCNC(C)=O)cn2[Si](C)(C)C(C)(C)C. The molecule has 0 aliphatic carbocycles. The molecule has 0 atom stereocenters. The summed E-state index contributed by atoms with van der Waals surface area (Å²) in [4.78, 5) is 11.2. The second-order valence-electron chi connectivity index (χ2n) is 7.95. The van der Waals surface area contributed by atoms with E-state index in [2.05, 4.69) is 61.7 Å². The molecule has 2 rings (SSSR count). The molecule has 2 aromatic rings. The Hall–Kier alpha value is -1.75. The second-order valence-corrected chi connectivity index (χ2v) is 13.0. The maximum atomic E-state index is 11.2.